The average Bonchev–Trinajstić information content (AvgIpc) is 3.32. The van der Waals surface area contributed by atoms with E-state index in [1.54, 1.807) is 29.2 Å². The van der Waals surface area contributed by atoms with Gasteiger partial charge >= 0.3 is 6.18 Å². The molecule has 0 saturated carbocycles. The molecule has 3 aromatic rings. The van der Waals surface area contributed by atoms with Crippen molar-refractivity contribution in [2.24, 2.45) is 0 Å². The molecule has 2 atom stereocenters. The Labute approximate surface area is 207 Å². The van der Waals surface area contributed by atoms with Crippen LogP contribution in [0, 0.1) is 0 Å². The molecule has 2 aliphatic heterocycles. The van der Waals surface area contributed by atoms with Crippen LogP contribution in [0.4, 0.5) is 19.0 Å². The molecule has 0 spiro atoms. The molecule has 3 heterocycles. The molecule has 190 valence electrons. The van der Waals surface area contributed by atoms with Gasteiger partial charge in [-0.2, -0.15) is 18.3 Å². The molecular weight excluding hydrogens is 471 g/mol. The molecule has 0 aliphatic carbocycles. The summed E-state index contributed by atoms with van der Waals surface area (Å²) in [6.07, 6.45) is -3.49. The van der Waals surface area contributed by atoms with Crippen molar-refractivity contribution in [2.75, 3.05) is 38.6 Å². The van der Waals surface area contributed by atoms with E-state index in [-0.39, 0.29) is 23.7 Å². The van der Waals surface area contributed by atoms with E-state index in [1.165, 1.54) is 18.9 Å². The number of hydrogen-bond acceptors (Lipinski definition) is 5. The number of fused-ring (bicyclic) bond motifs is 1. The SMILES string of the molecule is COc1cccc([C@H]2C[C@@H](C(F)(F)F)n3ncc(C(=O)N4CCN(Cc5ccccc5)CC4)c3N2)c1. The van der Waals surface area contributed by atoms with Crippen LogP contribution in [0.15, 0.2) is 60.8 Å². The van der Waals surface area contributed by atoms with Crippen molar-refractivity contribution in [3.8, 4) is 5.75 Å². The lowest BCUT2D eigenvalue weighted by Crippen LogP contribution is -2.48. The Hall–Kier alpha value is -3.53. The van der Waals surface area contributed by atoms with Crippen LogP contribution in [0.2, 0.25) is 0 Å². The number of aromatic nitrogens is 2. The van der Waals surface area contributed by atoms with Crippen LogP contribution in [0.25, 0.3) is 0 Å². The van der Waals surface area contributed by atoms with E-state index in [0.29, 0.717) is 37.5 Å². The second-order valence-corrected chi connectivity index (χ2v) is 9.17. The summed E-state index contributed by atoms with van der Waals surface area (Å²) in [5, 5.41) is 7.17. The van der Waals surface area contributed by atoms with Crippen LogP contribution in [0.1, 0.15) is 40.0 Å². The molecule has 1 fully saturated rings. The van der Waals surface area contributed by atoms with Gasteiger partial charge in [-0.3, -0.25) is 9.69 Å². The van der Waals surface area contributed by atoms with Gasteiger partial charge in [-0.1, -0.05) is 42.5 Å². The van der Waals surface area contributed by atoms with Gasteiger partial charge in [0.2, 0.25) is 0 Å². The topological polar surface area (TPSA) is 62.6 Å². The molecule has 2 aromatic carbocycles. The first kappa shape index (κ1) is 24.2. The minimum Gasteiger partial charge on any atom is -0.497 e. The summed E-state index contributed by atoms with van der Waals surface area (Å²) < 4.78 is 48.2. The van der Waals surface area contributed by atoms with Crippen LogP contribution in [0.3, 0.4) is 0 Å². The predicted octanol–water partition coefficient (Wildman–Crippen LogP) is 4.51. The fourth-order valence-electron chi connectivity index (χ4n) is 4.92. The number of anilines is 1. The number of nitrogens with zero attached hydrogens (tertiary/aromatic N) is 4. The third-order valence-corrected chi connectivity index (χ3v) is 6.87. The Morgan fingerprint density at radius 2 is 1.83 bits per heavy atom. The lowest BCUT2D eigenvalue weighted by molar-refractivity contribution is -0.173. The van der Waals surface area contributed by atoms with Crippen molar-refractivity contribution in [3.05, 3.63) is 77.5 Å². The van der Waals surface area contributed by atoms with Crippen LogP contribution >= 0.6 is 0 Å². The standard InChI is InChI=1S/C26H28F3N5O2/c1-36-20-9-5-8-19(14-20)22-15-23(26(27,28)29)34-24(31-22)21(16-30-34)25(35)33-12-10-32(11-13-33)17-18-6-3-2-4-7-18/h2-9,14,16,22-23,31H,10-13,15,17H2,1H3/t22-,23+/m1/s1. The predicted molar refractivity (Wildman–Crippen MR) is 129 cm³/mol. The van der Waals surface area contributed by atoms with Gasteiger partial charge in [0.25, 0.3) is 5.91 Å². The normalized spacial score (nSPS) is 20.5. The smallest absolute Gasteiger partial charge is 0.410 e. The summed E-state index contributed by atoms with van der Waals surface area (Å²) in [5.74, 6) is 0.352. The summed E-state index contributed by atoms with van der Waals surface area (Å²) in [5.41, 5.74) is 2.02. The highest BCUT2D eigenvalue weighted by Gasteiger charge is 2.47. The molecule has 7 nitrogen and oxygen atoms in total. The first-order valence-electron chi connectivity index (χ1n) is 11.9. The number of rotatable bonds is 5. The first-order valence-corrected chi connectivity index (χ1v) is 11.9. The monoisotopic (exact) mass is 499 g/mol. The summed E-state index contributed by atoms with van der Waals surface area (Å²) in [6, 6.07) is 14.6. The van der Waals surface area contributed by atoms with Crippen LogP contribution in [-0.4, -0.2) is 65.0 Å². The van der Waals surface area contributed by atoms with E-state index in [2.05, 4.69) is 27.4 Å². The Morgan fingerprint density at radius 3 is 2.53 bits per heavy atom. The second-order valence-electron chi connectivity index (χ2n) is 9.17. The van der Waals surface area contributed by atoms with Gasteiger partial charge in [-0.25, -0.2) is 4.68 Å². The van der Waals surface area contributed by atoms with Gasteiger partial charge in [0.1, 0.15) is 17.1 Å². The maximum atomic E-state index is 14.0. The number of benzene rings is 2. The second kappa shape index (κ2) is 9.85. The van der Waals surface area contributed by atoms with Crippen molar-refractivity contribution < 1.29 is 22.7 Å². The van der Waals surface area contributed by atoms with Crippen LogP contribution in [-0.2, 0) is 6.54 Å². The lowest BCUT2D eigenvalue weighted by atomic mass is 9.96. The number of carbonyl (C=O) groups is 1. The van der Waals surface area contributed by atoms with Gasteiger partial charge in [0.05, 0.1) is 19.3 Å². The molecule has 0 bridgehead atoms. The molecule has 10 heteroatoms. The average molecular weight is 500 g/mol. The van der Waals surface area contributed by atoms with Crippen molar-refractivity contribution in [3.63, 3.8) is 0 Å². The summed E-state index contributed by atoms with van der Waals surface area (Å²) >= 11 is 0. The number of hydrogen-bond donors (Lipinski definition) is 1. The van der Waals surface area contributed by atoms with Crippen molar-refractivity contribution in [1.29, 1.82) is 0 Å². The highest BCUT2D eigenvalue weighted by molar-refractivity contribution is 5.99. The fraction of sp³-hybridized carbons (Fsp3) is 0.385. The molecule has 1 amide bonds. The van der Waals surface area contributed by atoms with Gasteiger partial charge in [-0.05, 0) is 23.3 Å². The summed E-state index contributed by atoms with van der Waals surface area (Å²) in [6.45, 7) is 3.17. The molecule has 2 aliphatic rings. The molecular formula is C26H28F3N5O2. The number of alkyl halides is 3. The number of piperazine rings is 1. The summed E-state index contributed by atoms with van der Waals surface area (Å²) in [7, 11) is 1.51. The maximum Gasteiger partial charge on any atom is 0.410 e. The molecule has 1 aromatic heterocycles. The number of methoxy groups -OCH3 is 1. The fourth-order valence-corrected chi connectivity index (χ4v) is 4.92. The summed E-state index contributed by atoms with van der Waals surface area (Å²) in [4.78, 5) is 17.4. The maximum absolute atomic E-state index is 14.0. The number of halogens is 3. The van der Waals surface area contributed by atoms with Crippen molar-refractivity contribution >= 4 is 11.7 Å². The van der Waals surface area contributed by atoms with E-state index < -0.39 is 18.3 Å². The number of ether oxygens (including phenoxy) is 1. The van der Waals surface area contributed by atoms with E-state index in [1.807, 2.05) is 18.2 Å². The zero-order valence-electron chi connectivity index (χ0n) is 19.9. The van der Waals surface area contributed by atoms with Crippen LogP contribution in [0.5, 0.6) is 5.75 Å². The molecule has 1 saturated heterocycles. The zero-order chi connectivity index (χ0) is 25.3. The van der Waals surface area contributed by atoms with Crippen molar-refractivity contribution in [1.82, 2.24) is 19.6 Å². The Kier molecular flexibility index (Phi) is 6.61. The number of amides is 1. The Bertz CT molecular complexity index is 1210. The van der Waals surface area contributed by atoms with Crippen molar-refractivity contribution in [2.45, 2.75) is 31.2 Å². The number of nitrogens with one attached hydrogen (secondary N) is 1. The molecule has 36 heavy (non-hydrogen) atoms. The quantitative estimate of drug-likeness (QED) is 0.560. The minimum atomic E-state index is -4.51. The van der Waals surface area contributed by atoms with Gasteiger partial charge in [0, 0.05) is 39.1 Å². The minimum absolute atomic E-state index is 0.105. The van der Waals surface area contributed by atoms with Gasteiger partial charge in [-0.15, -0.1) is 0 Å². The highest BCUT2D eigenvalue weighted by Crippen LogP contribution is 2.44. The molecule has 0 unspecified atom stereocenters. The first-order chi connectivity index (χ1) is 17.3. The van der Waals surface area contributed by atoms with E-state index in [4.69, 9.17) is 4.74 Å². The highest BCUT2D eigenvalue weighted by atomic mass is 19.4. The van der Waals surface area contributed by atoms with Crippen LogP contribution < -0.4 is 10.1 Å². The van der Waals surface area contributed by atoms with Gasteiger partial charge in [0.15, 0.2) is 6.04 Å². The van der Waals surface area contributed by atoms with Gasteiger partial charge < -0.3 is 15.0 Å². The third-order valence-electron chi connectivity index (χ3n) is 6.87. The molecule has 5 rings (SSSR count). The Morgan fingerprint density at radius 1 is 1.08 bits per heavy atom. The van der Waals surface area contributed by atoms with E-state index in [9.17, 15) is 18.0 Å². The third kappa shape index (κ3) is 4.90. The molecule has 1 N–H and O–H groups in total. The van der Waals surface area contributed by atoms with E-state index >= 15 is 0 Å². The Balaban J connectivity index is 1.35. The molecule has 0 radical (unpaired) electrons. The zero-order valence-corrected chi connectivity index (χ0v) is 19.9. The van der Waals surface area contributed by atoms with E-state index in [0.717, 1.165) is 11.2 Å². The number of carbonyl (C=O) groups excluding carboxylic acids is 1. The largest absolute Gasteiger partial charge is 0.497 e. The lowest BCUT2D eigenvalue weighted by Gasteiger charge is -2.36.